The van der Waals surface area contributed by atoms with E-state index in [9.17, 15) is 9.59 Å². The first kappa shape index (κ1) is 12.1. The predicted molar refractivity (Wildman–Crippen MR) is 65.3 cm³/mol. The number of rotatable bonds is 4. The van der Waals surface area contributed by atoms with Crippen LogP contribution in [0, 0.1) is 6.92 Å². The summed E-state index contributed by atoms with van der Waals surface area (Å²) in [5, 5.41) is 10.9. The minimum absolute atomic E-state index is 0.107. The molecule has 1 aliphatic rings. The van der Waals surface area contributed by atoms with Gasteiger partial charge in [0.15, 0.2) is 0 Å². The van der Waals surface area contributed by atoms with Crippen LogP contribution in [0.4, 0.5) is 0 Å². The Bertz CT molecular complexity index is 450. The van der Waals surface area contributed by atoms with Crippen molar-refractivity contribution < 1.29 is 14.7 Å². The Morgan fingerprint density at radius 1 is 1.53 bits per heavy atom. The van der Waals surface area contributed by atoms with Crippen LogP contribution in [0.3, 0.4) is 0 Å². The van der Waals surface area contributed by atoms with Crippen molar-refractivity contribution >= 4 is 23.2 Å². The summed E-state index contributed by atoms with van der Waals surface area (Å²) in [6.45, 7) is 3.45. The molecule has 0 saturated heterocycles. The van der Waals surface area contributed by atoms with E-state index < -0.39 is 12.0 Å². The number of carboxylic acids is 1. The molecule has 92 valence electrons. The minimum atomic E-state index is -0.945. The Kier molecular flexibility index (Phi) is 3.19. The van der Waals surface area contributed by atoms with Gasteiger partial charge in [0.05, 0.1) is 4.88 Å². The molecular weight excluding hydrogens is 238 g/mol. The molecule has 0 radical (unpaired) electrons. The first-order chi connectivity index (χ1) is 8.02. The molecule has 1 unspecified atom stereocenters. The standard InChI is InChI=1S/C12H15NO3S/c1-7-5-6-17-10(7)11(14)13(9-3-4-9)8(2)12(15)16/h5-6,8-9H,3-4H2,1-2H3,(H,15,16). The molecule has 0 aromatic carbocycles. The molecule has 0 spiro atoms. The van der Waals surface area contributed by atoms with E-state index in [-0.39, 0.29) is 11.9 Å². The number of aliphatic carboxylic acids is 1. The summed E-state index contributed by atoms with van der Waals surface area (Å²) >= 11 is 1.38. The number of hydrogen-bond donors (Lipinski definition) is 1. The molecule has 1 saturated carbocycles. The van der Waals surface area contributed by atoms with Crippen molar-refractivity contribution in [3.63, 3.8) is 0 Å². The lowest BCUT2D eigenvalue weighted by atomic mass is 10.2. The molecule has 1 aliphatic carbocycles. The molecule has 17 heavy (non-hydrogen) atoms. The van der Waals surface area contributed by atoms with E-state index in [2.05, 4.69) is 0 Å². The smallest absolute Gasteiger partial charge is 0.326 e. The summed E-state index contributed by atoms with van der Waals surface area (Å²) in [5.74, 6) is -1.09. The number of carbonyl (C=O) groups excluding carboxylic acids is 1. The lowest BCUT2D eigenvalue weighted by Crippen LogP contribution is -2.44. The topological polar surface area (TPSA) is 57.6 Å². The van der Waals surface area contributed by atoms with E-state index in [0.717, 1.165) is 18.4 Å². The van der Waals surface area contributed by atoms with Gasteiger partial charge in [0.1, 0.15) is 6.04 Å². The Morgan fingerprint density at radius 2 is 2.18 bits per heavy atom. The molecule has 0 aliphatic heterocycles. The number of aryl methyl sites for hydroxylation is 1. The van der Waals surface area contributed by atoms with Gasteiger partial charge in [0.25, 0.3) is 5.91 Å². The normalized spacial score (nSPS) is 16.6. The molecule has 1 aromatic rings. The van der Waals surface area contributed by atoms with Crippen LogP contribution < -0.4 is 0 Å². The van der Waals surface area contributed by atoms with Gasteiger partial charge in [0.2, 0.25) is 0 Å². The van der Waals surface area contributed by atoms with E-state index in [4.69, 9.17) is 5.11 Å². The maximum Gasteiger partial charge on any atom is 0.326 e. The van der Waals surface area contributed by atoms with Gasteiger partial charge in [-0.2, -0.15) is 0 Å². The van der Waals surface area contributed by atoms with Gasteiger partial charge in [-0.15, -0.1) is 11.3 Å². The molecule has 1 N–H and O–H groups in total. The Morgan fingerprint density at radius 3 is 2.59 bits per heavy atom. The molecule has 1 amide bonds. The van der Waals surface area contributed by atoms with Gasteiger partial charge in [-0.05, 0) is 43.7 Å². The highest BCUT2D eigenvalue weighted by molar-refractivity contribution is 7.12. The van der Waals surface area contributed by atoms with Crippen LogP contribution >= 0.6 is 11.3 Å². The summed E-state index contributed by atoms with van der Waals surface area (Å²) in [5.41, 5.74) is 0.920. The van der Waals surface area contributed by atoms with Gasteiger partial charge in [-0.3, -0.25) is 4.79 Å². The van der Waals surface area contributed by atoms with Crippen molar-refractivity contribution in [1.82, 2.24) is 4.90 Å². The van der Waals surface area contributed by atoms with Gasteiger partial charge in [-0.1, -0.05) is 0 Å². The Labute approximate surface area is 104 Å². The van der Waals surface area contributed by atoms with Crippen molar-refractivity contribution in [3.05, 3.63) is 21.9 Å². The molecule has 5 heteroatoms. The van der Waals surface area contributed by atoms with E-state index in [1.165, 1.54) is 16.2 Å². The zero-order valence-electron chi connectivity index (χ0n) is 9.84. The van der Waals surface area contributed by atoms with Gasteiger partial charge < -0.3 is 10.0 Å². The monoisotopic (exact) mass is 253 g/mol. The third-order valence-corrected chi connectivity index (χ3v) is 4.01. The van der Waals surface area contributed by atoms with Crippen molar-refractivity contribution in [2.45, 2.75) is 38.8 Å². The third-order valence-electron chi connectivity index (χ3n) is 3.01. The Hall–Kier alpha value is -1.36. The van der Waals surface area contributed by atoms with Crippen LogP contribution in [-0.4, -0.2) is 34.0 Å². The van der Waals surface area contributed by atoms with Gasteiger partial charge >= 0.3 is 5.97 Å². The molecule has 1 fully saturated rings. The highest BCUT2D eigenvalue weighted by Gasteiger charge is 2.39. The summed E-state index contributed by atoms with van der Waals surface area (Å²) in [4.78, 5) is 25.5. The molecule has 4 nitrogen and oxygen atoms in total. The average molecular weight is 253 g/mol. The molecular formula is C12H15NO3S. The predicted octanol–water partition coefficient (Wildman–Crippen LogP) is 2.13. The average Bonchev–Trinajstić information content (AvgIpc) is 3.00. The number of nitrogens with zero attached hydrogens (tertiary/aromatic N) is 1. The second-order valence-electron chi connectivity index (χ2n) is 4.39. The lowest BCUT2D eigenvalue weighted by molar-refractivity contribution is -0.141. The van der Waals surface area contributed by atoms with Crippen LogP contribution in [0.15, 0.2) is 11.4 Å². The van der Waals surface area contributed by atoms with Crippen LogP contribution in [0.1, 0.15) is 35.0 Å². The van der Waals surface area contributed by atoms with Crippen molar-refractivity contribution in [1.29, 1.82) is 0 Å². The van der Waals surface area contributed by atoms with E-state index in [1.54, 1.807) is 6.92 Å². The molecule has 2 rings (SSSR count). The second-order valence-corrected chi connectivity index (χ2v) is 5.31. The molecule has 1 atom stereocenters. The van der Waals surface area contributed by atoms with Crippen molar-refractivity contribution in [3.8, 4) is 0 Å². The van der Waals surface area contributed by atoms with E-state index in [1.807, 2.05) is 18.4 Å². The van der Waals surface area contributed by atoms with Crippen molar-refractivity contribution in [2.24, 2.45) is 0 Å². The number of carbonyl (C=O) groups is 2. The number of amides is 1. The van der Waals surface area contributed by atoms with Crippen LogP contribution in [0.2, 0.25) is 0 Å². The number of hydrogen-bond acceptors (Lipinski definition) is 3. The SMILES string of the molecule is Cc1ccsc1C(=O)N(C1CC1)C(C)C(=O)O. The first-order valence-electron chi connectivity index (χ1n) is 5.62. The van der Waals surface area contributed by atoms with E-state index >= 15 is 0 Å². The molecule has 1 aromatic heterocycles. The molecule has 1 heterocycles. The van der Waals surface area contributed by atoms with Crippen molar-refractivity contribution in [2.75, 3.05) is 0 Å². The van der Waals surface area contributed by atoms with E-state index in [0.29, 0.717) is 4.88 Å². The number of carboxylic acid groups (broad SMARTS) is 1. The second kappa shape index (κ2) is 4.49. The fraction of sp³-hybridized carbons (Fsp3) is 0.500. The zero-order chi connectivity index (χ0) is 12.6. The minimum Gasteiger partial charge on any atom is -0.480 e. The summed E-state index contributed by atoms with van der Waals surface area (Å²) < 4.78 is 0. The first-order valence-corrected chi connectivity index (χ1v) is 6.50. The third kappa shape index (κ3) is 2.34. The number of thiophene rings is 1. The lowest BCUT2D eigenvalue weighted by Gasteiger charge is -2.26. The fourth-order valence-electron chi connectivity index (χ4n) is 1.84. The summed E-state index contributed by atoms with van der Waals surface area (Å²) in [7, 11) is 0. The van der Waals surface area contributed by atoms with Crippen LogP contribution in [0.5, 0.6) is 0 Å². The van der Waals surface area contributed by atoms with Gasteiger partial charge in [-0.25, -0.2) is 4.79 Å². The summed E-state index contributed by atoms with van der Waals surface area (Å²) in [6.07, 6.45) is 1.82. The molecule has 0 bridgehead atoms. The zero-order valence-corrected chi connectivity index (χ0v) is 10.7. The largest absolute Gasteiger partial charge is 0.480 e. The fourth-order valence-corrected chi connectivity index (χ4v) is 2.71. The van der Waals surface area contributed by atoms with Crippen LogP contribution in [-0.2, 0) is 4.79 Å². The highest BCUT2D eigenvalue weighted by Crippen LogP contribution is 2.31. The maximum absolute atomic E-state index is 12.3. The highest BCUT2D eigenvalue weighted by atomic mass is 32.1. The van der Waals surface area contributed by atoms with Crippen LogP contribution in [0.25, 0.3) is 0 Å². The summed E-state index contributed by atoms with van der Waals surface area (Å²) in [6, 6.07) is 1.24. The maximum atomic E-state index is 12.3. The Balaban J connectivity index is 2.25. The quantitative estimate of drug-likeness (QED) is 0.894. The van der Waals surface area contributed by atoms with Gasteiger partial charge in [0, 0.05) is 6.04 Å².